The van der Waals surface area contributed by atoms with E-state index in [1.165, 1.54) is 12.8 Å². The zero-order chi connectivity index (χ0) is 11.4. The lowest BCUT2D eigenvalue weighted by molar-refractivity contribution is -0.137. The summed E-state index contributed by atoms with van der Waals surface area (Å²) in [5, 5.41) is 8.70. The Morgan fingerprint density at radius 3 is 2.40 bits per heavy atom. The average molecular weight is 213 g/mol. The topological polar surface area (TPSA) is 40.5 Å². The fraction of sp³-hybridized carbons (Fsp3) is 0.917. The van der Waals surface area contributed by atoms with Gasteiger partial charge in [-0.1, -0.05) is 13.8 Å². The number of carboxylic acids is 1. The molecule has 1 saturated carbocycles. The summed E-state index contributed by atoms with van der Waals surface area (Å²) in [4.78, 5) is 12.9. The van der Waals surface area contributed by atoms with Crippen LogP contribution in [0.3, 0.4) is 0 Å². The van der Waals surface area contributed by atoms with E-state index in [1.54, 1.807) is 0 Å². The van der Waals surface area contributed by atoms with Crippen LogP contribution >= 0.6 is 0 Å². The first kappa shape index (κ1) is 12.5. The highest BCUT2D eigenvalue weighted by molar-refractivity contribution is 5.66. The molecule has 0 bridgehead atoms. The number of rotatable bonds is 7. The fourth-order valence-corrected chi connectivity index (χ4v) is 2.21. The van der Waals surface area contributed by atoms with Crippen molar-refractivity contribution in [1.29, 1.82) is 0 Å². The maximum absolute atomic E-state index is 10.6. The van der Waals surface area contributed by atoms with Crippen molar-refractivity contribution in [3.63, 3.8) is 0 Å². The lowest BCUT2D eigenvalue weighted by Crippen LogP contribution is -2.37. The van der Waals surface area contributed by atoms with E-state index in [-0.39, 0.29) is 6.42 Å². The maximum atomic E-state index is 10.6. The summed E-state index contributed by atoms with van der Waals surface area (Å²) in [6.45, 7) is 7.38. The Kier molecular flexibility index (Phi) is 4.58. The Hall–Kier alpha value is -0.570. The summed E-state index contributed by atoms with van der Waals surface area (Å²) in [7, 11) is 0. The summed E-state index contributed by atoms with van der Waals surface area (Å²) in [5.41, 5.74) is 0. The van der Waals surface area contributed by atoms with E-state index in [9.17, 15) is 4.79 Å². The average Bonchev–Trinajstić information content (AvgIpc) is 2.86. The van der Waals surface area contributed by atoms with E-state index < -0.39 is 5.97 Å². The molecule has 0 heterocycles. The first-order valence-electron chi connectivity index (χ1n) is 5.98. The molecule has 1 aliphatic rings. The lowest BCUT2D eigenvalue weighted by atomic mass is 10.0. The van der Waals surface area contributed by atoms with Crippen LogP contribution in [0.25, 0.3) is 0 Å². The SMILES string of the molecule is CC(C)CC(C)N(CCC(=O)O)C1CC1. The number of carbonyl (C=O) groups is 1. The van der Waals surface area contributed by atoms with Crippen LogP contribution in [0.2, 0.25) is 0 Å². The van der Waals surface area contributed by atoms with E-state index in [0.717, 1.165) is 6.42 Å². The van der Waals surface area contributed by atoms with Crippen LogP contribution in [0, 0.1) is 5.92 Å². The molecule has 0 aromatic carbocycles. The Morgan fingerprint density at radius 1 is 1.40 bits per heavy atom. The minimum absolute atomic E-state index is 0.277. The molecule has 0 aromatic rings. The second kappa shape index (κ2) is 5.50. The van der Waals surface area contributed by atoms with Gasteiger partial charge in [0.05, 0.1) is 6.42 Å². The Morgan fingerprint density at radius 2 is 2.00 bits per heavy atom. The van der Waals surface area contributed by atoms with Crippen LogP contribution in [-0.4, -0.2) is 34.6 Å². The summed E-state index contributed by atoms with van der Waals surface area (Å²) in [5.74, 6) is 0.00322. The molecule has 1 unspecified atom stereocenters. The van der Waals surface area contributed by atoms with E-state index in [0.29, 0.717) is 24.5 Å². The van der Waals surface area contributed by atoms with Gasteiger partial charge in [-0.05, 0) is 32.1 Å². The molecule has 15 heavy (non-hydrogen) atoms. The third-order valence-electron chi connectivity index (χ3n) is 2.98. The summed E-state index contributed by atoms with van der Waals surface area (Å²) >= 11 is 0. The van der Waals surface area contributed by atoms with Gasteiger partial charge in [-0.25, -0.2) is 0 Å². The number of nitrogens with zero attached hydrogens (tertiary/aromatic N) is 1. The standard InChI is InChI=1S/C12H23NO2/c1-9(2)8-10(3)13(11-4-5-11)7-6-12(14)15/h9-11H,4-8H2,1-3H3,(H,14,15). The summed E-state index contributed by atoms with van der Waals surface area (Å²) < 4.78 is 0. The Balaban J connectivity index is 2.38. The van der Waals surface area contributed by atoms with E-state index in [4.69, 9.17) is 5.11 Å². The number of hydrogen-bond donors (Lipinski definition) is 1. The Bertz CT molecular complexity index is 212. The highest BCUT2D eigenvalue weighted by atomic mass is 16.4. The maximum Gasteiger partial charge on any atom is 0.304 e. The lowest BCUT2D eigenvalue weighted by Gasteiger charge is -2.29. The summed E-state index contributed by atoms with van der Waals surface area (Å²) in [6.07, 6.45) is 3.94. The second-order valence-electron chi connectivity index (χ2n) is 5.09. The smallest absolute Gasteiger partial charge is 0.304 e. The van der Waals surface area contributed by atoms with Gasteiger partial charge in [0, 0.05) is 18.6 Å². The molecular formula is C12H23NO2. The second-order valence-corrected chi connectivity index (χ2v) is 5.09. The normalized spacial score (nSPS) is 18.5. The third kappa shape index (κ3) is 4.65. The molecule has 0 amide bonds. The molecule has 1 fully saturated rings. The number of hydrogen-bond acceptors (Lipinski definition) is 2. The van der Waals surface area contributed by atoms with Gasteiger partial charge < -0.3 is 5.11 Å². The van der Waals surface area contributed by atoms with Crippen molar-refractivity contribution in [2.24, 2.45) is 5.92 Å². The van der Waals surface area contributed by atoms with Crippen molar-refractivity contribution in [1.82, 2.24) is 4.90 Å². The first-order valence-corrected chi connectivity index (χ1v) is 5.98. The molecule has 0 spiro atoms. The summed E-state index contributed by atoms with van der Waals surface area (Å²) in [6, 6.07) is 1.19. The predicted molar refractivity (Wildman–Crippen MR) is 60.9 cm³/mol. The van der Waals surface area contributed by atoms with Crippen LogP contribution in [0.4, 0.5) is 0 Å². The van der Waals surface area contributed by atoms with Crippen molar-refractivity contribution in [3.8, 4) is 0 Å². The molecule has 3 heteroatoms. The van der Waals surface area contributed by atoms with Crippen molar-refractivity contribution in [2.45, 2.75) is 58.5 Å². The molecular weight excluding hydrogens is 190 g/mol. The van der Waals surface area contributed by atoms with E-state index in [2.05, 4.69) is 25.7 Å². The van der Waals surface area contributed by atoms with Gasteiger partial charge >= 0.3 is 5.97 Å². The minimum atomic E-state index is -0.683. The molecule has 3 nitrogen and oxygen atoms in total. The van der Waals surface area contributed by atoms with Gasteiger partial charge in [0.25, 0.3) is 0 Å². The van der Waals surface area contributed by atoms with Crippen molar-refractivity contribution < 1.29 is 9.90 Å². The van der Waals surface area contributed by atoms with Gasteiger partial charge in [-0.3, -0.25) is 9.69 Å². The zero-order valence-corrected chi connectivity index (χ0v) is 10.1. The molecule has 88 valence electrons. The molecule has 1 rings (SSSR count). The van der Waals surface area contributed by atoms with Gasteiger partial charge in [-0.2, -0.15) is 0 Å². The van der Waals surface area contributed by atoms with Crippen molar-refractivity contribution in [2.75, 3.05) is 6.54 Å². The van der Waals surface area contributed by atoms with Gasteiger partial charge in [-0.15, -0.1) is 0 Å². The first-order chi connectivity index (χ1) is 7.00. The van der Waals surface area contributed by atoms with Gasteiger partial charge in [0.15, 0.2) is 0 Å². The monoisotopic (exact) mass is 213 g/mol. The van der Waals surface area contributed by atoms with Gasteiger partial charge in [0.1, 0.15) is 0 Å². The zero-order valence-electron chi connectivity index (χ0n) is 10.1. The van der Waals surface area contributed by atoms with Crippen LogP contribution in [0.15, 0.2) is 0 Å². The molecule has 1 N–H and O–H groups in total. The molecule has 0 aromatic heterocycles. The van der Waals surface area contributed by atoms with Gasteiger partial charge in [0.2, 0.25) is 0 Å². The molecule has 0 aliphatic heterocycles. The highest BCUT2D eigenvalue weighted by Gasteiger charge is 2.32. The largest absolute Gasteiger partial charge is 0.481 e. The van der Waals surface area contributed by atoms with Crippen molar-refractivity contribution >= 4 is 5.97 Å². The van der Waals surface area contributed by atoms with Crippen LogP contribution in [-0.2, 0) is 4.79 Å². The fourth-order valence-electron chi connectivity index (χ4n) is 2.21. The van der Waals surface area contributed by atoms with E-state index in [1.807, 2.05) is 0 Å². The molecule has 1 atom stereocenters. The highest BCUT2D eigenvalue weighted by Crippen LogP contribution is 2.30. The van der Waals surface area contributed by atoms with Crippen LogP contribution in [0.1, 0.15) is 46.5 Å². The number of aliphatic carboxylic acids is 1. The Labute approximate surface area is 92.5 Å². The molecule has 0 saturated heterocycles. The van der Waals surface area contributed by atoms with E-state index >= 15 is 0 Å². The number of carboxylic acid groups (broad SMARTS) is 1. The van der Waals surface area contributed by atoms with Crippen LogP contribution < -0.4 is 0 Å². The van der Waals surface area contributed by atoms with Crippen LogP contribution in [0.5, 0.6) is 0 Å². The van der Waals surface area contributed by atoms with Crippen molar-refractivity contribution in [3.05, 3.63) is 0 Å². The molecule has 0 radical (unpaired) electrons. The quantitative estimate of drug-likeness (QED) is 0.705. The minimum Gasteiger partial charge on any atom is -0.481 e. The third-order valence-corrected chi connectivity index (χ3v) is 2.98. The predicted octanol–water partition coefficient (Wildman–Crippen LogP) is 2.36. The molecule has 1 aliphatic carbocycles.